The van der Waals surface area contributed by atoms with E-state index < -0.39 is 0 Å². The number of carbonyl (C=O) groups excluding carboxylic acids is 1. The maximum atomic E-state index is 13.0. The van der Waals surface area contributed by atoms with Gasteiger partial charge in [-0.15, -0.1) is 0 Å². The summed E-state index contributed by atoms with van der Waals surface area (Å²) in [5, 5.41) is 0. The molecule has 0 radical (unpaired) electrons. The number of rotatable bonds is 0. The number of hydrogen-bond donors (Lipinski definition) is 0. The van der Waals surface area contributed by atoms with Crippen LogP contribution < -0.4 is 0 Å². The molecule has 0 spiro atoms. The number of ketones is 1. The molecule has 7 atom stereocenters. The molecule has 4 aliphatic rings. The third kappa shape index (κ3) is 1.78. The number of carbonyl (C=O) groups is 1. The van der Waals surface area contributed by atoms with Crippen molar-refractivity contribution >= 4 is 5.78 Å². The summed E-state index contributed by atoms with van der Waals surface area (Å²) in [7, 11) is 0. The second kappa shape index (κ2) is 4.59. The number of hydrogen-bond acceptors (Lipinski definition) is 1. The van der Waals surface area contributed by atoms with Crippen LogP contribution in [0.4, 0.5) is 0 Å². The molecule has 0 amide bonds. The lowest BCUT2D eigenvalue weighted by Crippen LogP contribution is -2.56. The molecule has 21 heavy (non-hydrogen) atoms. The van der Waals surface area contributed by atoms with Crippen molar-refractivity contribution in [3.8, 4) is 0 Å². The average Bonchev–Trinajstić information content (AvgIpc) is 2.76. The highest BCUT2D eigenvalue weighted by Gasteiger charge is 2.61. The molecule has 1 heteroatoms. The van der Waals surface area contributed by atoms with E-state index in [0.717, 1.165) is 12.3 Å². The first kappa shape index (κ1) is 14.3. The summed E-state index contributed by atoms with van der Waals surface area (Å²) in [6.45, 7) is 7.51. The quantitative estimate of drug-likeness (QED) is 0.596. The van der Waals surface area contributed by atoms with Crippen molar-refractivity contribution in [3.63, 3.8) is 0 Å². The molecule has 0 aromatic rings. The minimum absolute atomic E-state index is 0.424. The summed E-state index contributed by atoms with van der Waals surface area (Å²) < 4.78 is 0. The van der Waals surface area contributed by atoms with Crippen LogP contribution in [-0.4, -0.2) is 5.78 Å². The van der Waals surface area contributed by atoms with E-state index in [1.54, 1.807) is 0 Å². The summed E-state index contributed by atoms with van der Waals surface area (Å²) in [6.07, 6.45) is 11.8. The Hall–Kier alpha value is -0.330. The first-order valence-electron chi connectivity index (χ1n) is 9.49. The van der Waals surface area contributed by atoms with Crippen molar-refractivity contribution in [3.05, 3.63) is 0 Å². The molecule has 4 saturated carbocycles. The molecular formula is C20H32O. The van der Waals surface area contributed by atoms with Crippen LogP contribution >= 0.6 is 0 Å². The van der Waals surface area contributed by atoms with Crippen LogP contribution in [0.1, 0.15) is 78.6 Å². The lowest BCUT2D eigenvalue weighted by Gasteiger charge is -2.59. The van der Waals surface area contributed by atoms with E-state index in [4.69, 9.17) is 0 Å². The summed E-state index contributed by atoms with van der Waals surface area (Å²) in [5.41, 5.74) is 0.957. The topological polar surface area (TPSA) is 17.1 Å². The minimum Gasteiger partial charge on any atom is -0.299 e. The third-order valence-electron chi connectivity index (χ3n) is 8.86. The molecule has 0 N–H and O–H groups in total. The van der Waals surface area contributed by atoms with Gasteiger partial charge in [0.2, 0.25) is 0 Å². The van der Waals surface area contributed by atoms with E-state index in [9.17, 15) is 4.79 Å². The van der Waals surface area contributed by atoms with E-state index >= 15 is 0 Å². The Morgan fingerprint density at radius 2 is 1.67 bits per heavy atom. The van der Waals surface area contributed by atoms with Crippen LogP contribution in [0.15, 0.2) is 0 Å². The van der Waals surface area contributed by atoms with Crippen molar-refractivity contribution in [2.75, 3.05) is 0 Å². The highest BCUT2D eigenvalue weighted by Crippen LogP contribution is 2.66. The van der Waals surface area contributed by atoms with Crippen LogP contribution in [0.2, 0.25) is 0 Å². The highest BCUT2D eigenvalue weighted by molar-refractivity contribution is 5.83. The van der Waals surface area contributed by atoms with Gasteiger partial charge in [-0.2, -0.15) is 0 Å². The van der Waals surface area contributed by atoms with Gasteiger partial charge in [0.15, 0.2) is 0 Å². The Balaban J connectivity index is 1.71. The van der Waals surface area contributed by atoms with Crippen LogP contribution in [0.5, 0.6) is 0 Å². The minimum atomic E-state index is 0.424. The number of Topliss-reactive ketones (excluding diaryl/α,β-unsaturated/α-hetero) is 1. The molecular weight excluding hydrogens is 256 g/mol. The van der Waals surface area contributed by atoms with Gasteiger partial charge in [-0.3, -0.25) is 4.79 Å². The molecule has 7 unspecified atom stereocenters. The fourth-order valence-electron chi connectivity index (χ4n) is 7.22. The Labute approximate surface area is 130 Å². The normalized spacial score (nSPS) is 56.5. The molecule has 0 heterocycles. The standard InChI is InChI=1S/C20H32O/c1-13-7-8-15-18-16(9-11-19(13,15)2)20(3)10-5-4-6-14(20)12-17(18)21/h13-16,18H,4-12H2,1-3H3. The molecule has 4 fully saturated rings. The molecule has 0 aliphatic heterocycles. The molecule has 0 aromatic carbocycles. The van der Waals surface area contributed by atoms with Crippen LogP contribution in [-0.2, 0) is 4.79 Å². The fourth-order valence-corrected chi connectivity index (χ4v) is 7.22. The van der Waals surface area contributed by atoms with Crippen LogP contribution in [0, 0.1) is 40.4 Å². The Bertz CT molecular complexity index is 455. The second-order valence-electron chi connectivity index (χ2n) is 9.38. The van der Waals surface area contributed by atoms with Crippen molar-refractivity contribution in [1.82, 2.24) is 0 Å². The Morgan fingerprint density at radius 3 is 2.48 bits per heavy atom. The van der Waals surface area contributed by atoms with Crippen molar-refractivity contribution < 1.29 is 4.79 Å². The zero-order valence-electron chi connectivity index (χ0n) is 14.2. The predicted molar refractivity (Wildman–Crippen MR) is 85.9 cm³/mol. The first-order chi connectivity index (χ1) is 9.97. The average molecular weight is 288 g/mol. The molecule has 4 rings (SSSR count). The van der Waals surface area contributed by atoms with Gasteiger partial charge in [-0.25, -0.2) is 0 Å². The van der Waals surface area contributed by atoms with Gasteiger partial charge in [0.05, 0.1) is 0 Å². The van der Waals surface area contributed by atoms with Gasteiger partial charge >= 0.3 is 0 Å². The molecule has 0 bridgehead atoms. The SMILES string of the molecule is CC1CCC2C3C(=O)CC4CCCCC4(C)C3CCC12C. The molecule has 4 aliphatic carbocycles. The van der Waals surface area contributed by atoms with Gasteiger partial charge < -0.3 is 0 Å². The Kier molecular flexibility index (Phi) is 3.12. The van der Waals surface area contributed by atoms with Crippen LogP contribution in [0.3, 0.4) is 0 Å². The molecule has 0 saturated heterocycles. The van der Waals surface area contributed by atoms with E-state index in [2.05, 4.69) is 20.8 Å². The largest absolute Gasteiger partial charge is 0.299 e. The smallest absolute Gasteiger partial charge is 0.136 e. The monoisotopic (exact) mass is 288 g/mol. The maximum absolute atomic E-state index is 13.0. The third-order valence-corrected chi connectivity index (χ3v) is 8.86. The van der Waals surface area contributed by atoms with Gasteiger partial charge in [-0.1, -0.05) is 33.6 Å². The van der Waals surface area contributed by atoms with E-state index in [0.29, 0.717) is 40.3 Å². The summed E-state index contributed by atoms with van der Waals surface area (Å²) >= 11 is 0. The van der Waals surface area contributed by atoms with Gasteiger partial charge in [0.25, 0.3) is 0 Å². The lowest BCUT2D eigenvalue weighted by atomic mass is 9.44. The van der Waals surface area contributed by atoms with Crippen molar-refractivity contribution in [2.24, 2.45) is 40.4 Å². The molecule has 1 nitrogen and oxygen atoms in total. The zero-order valence-corrected chi connectivity index (χ0v) is 14.2. The van der Waals surface area contributed by atoms with Gasteiger partial charge in [0, 0.05) is 12.3 Å². The van der Waals surface area contributed by atoms with Crippen molar-refractivity contribution in [2.45, 2.75) is 78.6 Å². The van der Waals surface area contributed by atoms with E-state index in [-0.39, 0.29) is 0 Å². The lowest BCUT2D eigenvalue weighted by molar-refractivity contribution is -0.155. The summed E-state index contributed by atoms with van der Waals surface area (Å²) in [6, 6.07) is 0. The second-order valence-corrected chi connectivity index (χ2v) is 9.38. The van der Waals surface area contributed by atoms with E-state index in [1.807, 2.05) is 0 Å². The highest BCUT2D eigenvalue weighted by atomic mass is 16.1. The maximum Gasteiger partial charge on any atom is 0.136 e. The van der Waals surface area contributed by atoms with Gasteiger partial charge in [-0.05, 0) is 73.0 Å². The summed E-state index contributed by atoms with van der Waals surface area (Å²) in [5.74, 6) is 4.05. The summed E-state index contributed by atoms with van der Waals surface area (Å²) in [4.78, 5) is 13.0. The molecule has 118 valence electrons. The van der Waals surface area contributed by atoms with Crippen molar-refractivity contribution in [1.29, 1.82) is 0 Å². The predicted octanol–water partition coefficient (Wildman–Crippen LogP) is 5.23. The van der Waals surface area contributed by atoms with Crippen LogP contribution in [0.25, 0.3) is 0 Å². The molecule has 0 aromatic heterocycles. The zero-order chi connectivity index (χ0) is 14.8. The fraction of sp³-hybridized carbons (Fsp3) is 0.950. The first-order valence-corrected chi connectivity index (χ1v) is 9.49. The van der Waals surface area contributed by atoms with Gasteiger partial charge in [0.1, 0.15) is 5.78 Å². The number of fused-ring (bicyclic) bond motifs is 5. The van der Waals surface area contributed by atoms with E-state index in [1.165, 1.54) is 51.4 Å². The Morgan fingerprint density at radius 1 is 0.905 bits per heavy atom.